The van der Waals surface area contributed by atoms with Crippen LogP contribution >= 0.6 is 0 Å². The zero-order valence-electron chi connectivity index (χ0n) is 9.73. The summed E-state index contributed by atoms with van der Waals surface area (Å²) in [5, 5.41) is 11.4. The molecule has 0 aliphatic rings. The molecule has 0 spiro atoms. The lowest BCUT2D eigenvalue weighted by Crippen LogP contribution is -2.29. The summed E-state index contributed by atoms with van der Waals surface area (Å²) in [4.78, 5) is 0. The van der Waals surface area contributed by atoms with Crippen molar-refractivity contribution in [1.29, 1.82) is 0 Å². The van der Waals surface area contributed by atoms with E-state index in [1.807, 2.05) is 4.57 Å². The molecule has 1 N–H and O–H groups in total. The molecule has 0 saturated heterocycles. The molecule has 0 saturated carbocycles. The van der Waals surface area contributed by atoms with Crippen LogP contribution in [0.5, 0.6) is 0 Å². The van der Waals surface area contributed by atoms with Crippen LogP contribution in [0.3, 0.4) is 0 Å². The first-order valence-corrected chi connectivity index (χ1v) is 5.37. The highest BCUT2D eigenvalue weighted by Crippen LogP contribution is 2.00. The molecule has 0 fully saturated rings. The molecule has 0 aromatic carbocycles. The van der Waals surface area contributed by atoms with Gasteiger partial charge in [0.05, 0.1) is 6.61 Å². The van der Waals surface area contributed by atoms with Crippen molar-refractivity contribution < 1.29 is 4.74 Å². The van der Waals surface area contributed by atoms with Crippen LogP contribution in [0.2, 0.25) is 0 Å². The van der Waals surface area contributed by atoms with E-state index in [-0.39, 0.29) is 0 Å². The Morgan fingerprint density at radius 2 is 2.40 bits per heavy atom. The van der Waals surface area contributed by atoms with Gasteiger partial charge < -0.3 is 14.6 Å². The summed E-state index contributed by atoms with van der Waals surface area (Å²) < 4.78 is 7.07. The molecule has 1 unspecified atom stereocenters. The van der Waals surface area contributed by atoms with Crippen LogP contribution in [0.4, 0.5) is 0 Å². The number of hydrogen-bond donors (Lipinski definition) is 1. The fraction of sp³-hybridized carbons (Fsp3) is 0.800. The second-order valence-electron chi connectivity index (χ2n) is 3.60. The summed E-state index contributed by atoms with van der Waals surface area (Å²) >= 11 is 0. The summed E-state index contributed by atoms with van der Waals surface area (Å²) in [7, 11) is 1.70. The predicted octanol–water partition coefficient (Wildman–Crippen LogP) is 0.465. The molecule has 1 aromatic rings. The highest BCUT2D eigenvalue weighted by Gasteiger charge is 2.08. The lowest BCUT2D eigenvalue weighted by atomic mass is 10.2. The number of aromatic nitrogens is 3. The minimum Gasteiger partial charge on any atom is -0.383 e. The molecule has 0 bridgehead atoms. The Labute approximate surface area is 90.8 Å². The molecule has 5 nitrogen and oxygen atoms in total. The van der Waals surface area contributed by atoms with Crippen LogP contribution in [-0.2, 0) is 17.7 Å². The predicted molar refractivity (Wildman–Crippen MR) is 58.7 cm³/mol. The van der Waals surface area contributed by atoms with E-state index in [0.717, 1.165) is 25.3 Å². The number of nitrogens with zero attached hydrogens (tertiary/aromatic N) is 3. The molecule has 0 amide bonds. The molecule has 1 atom stereocenters. The fourth-order valence-corrected chi connectivity index (χ4v) is 1.51. The summed E-state index contributed by atoms with van der Waals surface area (Å²) in [6, 6.07) is 0.431. The van der Waals surface area contributed by atoms with Crippen LogP contribution in [0.25, 0.3) is 0 Å². The average Bonchev–Trinajstić information content (AvgIpc) is 2.63. The Hall–Kier alpha value is -0.940. The van der Waals surface area contributed by atoms with Gasteiger partial charge in [-0.3, -0.25) is 0 Å². The normalized spacial score (nSPS) is 13.0. The highest BCUT2D eigenvalue weighted by molar-refractivity contribution is 4.89. The van der Waals surface area contributed by atoms with Crippen molar-refractivity contribution in [1.82, 2.24) is 20.1 Å². The van der Waals surface area contributed by atoms with Crippen molar-refractivity contribution in [2.45, 2.75) is 32.9 Å². The van der Waals surface area contributed by atoms with Crippen molar-refractivity contribution in [2.24, 2.45) is 0 Å². The molecule has 5 heteroatoms. The number of rotatable bonds is 7. The number of likely N-dealkylation sites (N-methyl/N-ethyl adjacent to an activating group) is 1. The zero-order valence-corrected chi connectivity index (χ0v) is 9.73. The second-order valence-corrected chi connectivity index (χ2v) is 3.60. The van der Waals surface area contributed by atoms with Crippen molar-refractivity contribution in [3.05, 3.63) is 12.2 Å². The van der Waals surface area contributed by atoms with Crippen molar-refractivity contribution in [2.75, 3.05) is 20.3 Å². The van der Waals surface area contributed by atoms with Gasteiger partial charge in [-0.1, -0.05) is 6.92 Å². The van der Waals surface area contributed by atoms with Crippen molar-refractivity contribution >= 4 is 0 Å². The van der Waals surface area contributed by atoms with E-state index >= 15 is 0 Å². The van der Waals surface area contributed by atoms with Gasteiger partial charge in [-0.2, -0.15) is 0 Å². The summed E-state index contributed by atoms with van der Waals surface area (Å²) in [5.74, 6) is 1.01. The molecule has 86 valence electrons. The fourth-order valence-electron chi connectivity index (χ4n) is 1.51. The van der Waals surface area contributed by atoms with Gasteiger partial charge in [0, 0.05) is 26.1 Å². The zero-order chi connectivity index (χ0) is 11.1. The number of hydrogen-bond acceptors (Lipinski definition) is 4. The van der Waals surface area contributed by atoms with E-state index in [2.05, 4.69) is 29.4 Å². The molecule has 0 aliphatic carbocycles. The van der Waals surface area contributed by atoms with Gasteiger partial charge in [0.1, 0.15) is 12.2 Å². The third-order valence-electron chi connectivity index (χ3n) is 2.27. The first kappa shape index (κ1) is 12.1. The van der Waals surface area contributed by atoms with Crippen LogP contribution in [-0.4, -0.2) is 41.1 Å². The van der Waals surface area contributed by atoms with E-state index < -0.39 is 0 Å². The van der Waals surface area contributed by atoms with Gasteiger partial charge in [0.25, 0.3) is 0 Å². The van der Waals surface area contributed by atoms with Crippen LogP contribution < -0.4 is 5.32 Å². The van der Waals surface area contributed by atoms with E-state index in [0.29, 0.717) is 12.6 Å². The maximum Gasteiger partial charge on any atom is 0.134 e. The van der Waals surface area contributed by atoms with Gasteiger partial charge in [-0.05, 0) is 13.5 Å². The molecule has 0 aliphatic heterocycles. The third kappa shape index (κ3) is 3.97. The lowest BCUT2D eigenvalue weighted by molar-refractivity contribution is 0.186. The molecule has 15 heavy (non-hydrogen) atoms. The Morgan fingerprint density at radius 3 is 3.07 bits per heavy atom. The summed E-state index contributed by atoms with van der Waals surface area (Å²) in [5.41, 5.74) is 0. The second kappa shape index (κ2) is 6.53. The van der Waals surface area contributed by atoms with Crippen LogP contribution in [0, 0.1) is 0 Å². The Balaban J connectivity index is 2.48. The first-order chi connectivity index (χ1) is 7.27. The first-order valence-electron chi connectivity index (χ1n) is 5.37. The SMILES string of the molecule is CCNC(C)Cc1nncn1CCOC. The maximum atomic E-state index is 5.03. The minimum absolute atomic E-state index is 0.431. The number of methoxy groups -OCH3 is 1. The van der Waals surface area contributed by atoms with Gasteiger partial charge in [0.15, 0.2) is 0 Å². The summed E-state index contributed by atoms with van der Waals surface area (Å²) in [6.07, 6.45) is 2.66. The topological polar surface area (TPSA) is 52.0 Å². The van der Waals surface area contributed by atoms with E-state index in [9.17, 15) is 0 Å². The molecular weight excluding hydrogens is 192 g/mol. The van der Waals surface area contributed by atoms with Crippen LogP contribution in [0.1, 0.15) is 19.7 Å². The molecule has 0 radical (unpaired) electrons. The van der Waals surface area contributed by atoms with E-state index in [1.54, 1.807) is 13.4 Å². The van der Waals surface area contributed by atoms with Gasteiger partial charge in [0.2, 0.25) is 0 Å². The number of ether oxygens (including phenoxy) is 1. The third-order valence-corrected chi connectivity index (χ3v) is 2.27. The van der Waals surface area contributed by atoms with E-state index in [4.69, 9.17) is 4.74 Å². The number of nitrogens with one attached hydrogen (secondary N) is 1. The smallest absolute Gasteiger partial charge is 0.134 e. The van der Waals surface area contributed by atoms with Gasteiger partial charge in [-0.15, -0.1) is 10.2 Å². The average molecular weight is 212 g/mol. The highest BCUT2D eigenvalue weighted by atomic mass is 16.5. The standard InChI is InChI=1S/C10H20N4O/c1-4-11-9(2)7-10-13-12-8-14(10)5-6-15-3/h8-9,11H,4-7H2,1-3H3. The Bertz CT molecular complexity index is 274. The minimum atomic E-state index is 0.431. The van der Waals surface area contributed by atoms with Gasteiger partial charge >= 0.3 is 0 Å². The lowest BCUT2D eigenvalue weighted by Gasteiger charge is -2.12. The monoisotopic (exact) mass is 212 g/mol. The van der Waals surface area contributed by atoms with E-state index in [1.165, 1.54) is 0 Å². The van der Waals surface area contributed by atoms with Gasteiger partial charge in [-0.25, -0.2) is 0 Å². The molecule has 1 aromatic heterocycles. The molecule has 1 rings (SSSR count). The Morgan fingerprint density at radius 1 is 1.60 bits per heavy atom. The molecule has 1 heterocycles. The largest absolute Gasteiger partial charge is 0.383 e. The van der Waals surface area contributed by atoms with Crippen LogP contribution in [0.15, 0.2) is 6.33 Å². The maximum absolute atomic E-state index is 5.03. The quantitative estimate of drug-likeness (QED) is 0.713. The van der Waals surface area contributed by atoms with Crippen molar-refractivity contribution in [3.63, 3.8) is 0 Å². The summed E-state index contributed by atoms with van der Waals surface area (Å²) in [6.45, 7) is 6.75. The van der Waals surface area contributed by atoms with Crippen molar-refractivity contribution in [3.8, 4) is 0 Å². The Kier molecular flexibility index (Phi) is 5.28. The molecular formula is C10H20N4O.